The molecule has 0 aliphatic carbocycles. The van der Waals surface area contributed by atoms with Crippen LogP contribution in [0.25, 0.3) is 0 Å². The Kier molecular flexibility index (Phi) is 32.7. The number of carbonyl (C=O) groups excluding carboxylic acids is 3. The number of ether oxygens (including phenoxy) is 8. The van der Waals surface area contributed by atoms with Crippen molar-refractivity contribution >= 4 is 35.7 Å². The summed E-state index contributed by atoms with van der Waals surface area (Å²) < 4.78 is 110. The average Bonchev–Trinajstić information content (AvgIpc) is 3.95. The summed E-state index contributed by atoms with van der Waals surface area (Å²) in [6, 6.07) is 6.09. The van der Waals surface area contributed by atoms with E-state index in [9.17, 15) is 61.6 Å². The van der Waals surface area contributed by atoms with Crippen LogP contribution in [0.2, 0.25) is 0 Å². The van der Waals surface area contributed by atoms with Crippen molar-refractivity contribution in [1.29, 1.82) is 0 Å². The highest BCUT2D eigenvalue weighted by Crippen LogP contribution is 2.29. The molecule has 0 radical (unpaired) electrons. The highest BCUT2D eigenvalue weighted by atomic mass is 19.2. The summed E-state index contributed by atoms with van der Waals surface area (Å²) in [7, 11) is 1.59. The number of aromatic nitrogens is 3. The Balaban J connectivity index is 1.24. The summed E-state index contributed by atoms with van der Waals surface area (Å²) in [5, 5.41) is 57.8. The summed E-state index contributed by atoms with van der Waals surface area (Å²) in [6.07, 6.45) is 4.18. The Bertz CT molecular complexity index is 2330. The van der Waals surface area contributed by atoms with Crippen molar-refractivity contribution in [1.82, 2.24) is 25.6 Å². The van der Waals surface area contributed by atoms with E-state index in [0.717, 1.165) is 12.8 Å². The predicted molar refractivity (Wildman–Crippen MR) is 269 cm³/mol. The third kappa shape index (κ3) is 26.6. The number of aryl methyl sites for hydroxylation is 1. The number of aliphatic imine (C=N–C) groups is 1. The molecule has 1 aromatic heterocycles. The first-order valence-corrected chi connectivity index (χ1v) is 25.3. The van der Waals surface area contributed by atoms with Gasteiger partial charge in [0.15, 0.2) is 0 Å². The van der Waals surface area contributed by atoms with Gasteiger partial charge in [0.05, 0.1) is 111 Å². The molecule has 0 aliphatic heterocycles. The molecule has 0 saturated heterocycles. The molecule has 0 spiro atoms. The minimum atomic E-state index is -2.54. The molecular formula is C50H71F5N8O16. The lowest BCUT2D eigenvalue weighted by Crippen LogP contribution is -2.45. The van der Waals surface area contributed by atoms with Crippen molar-refractivity contribution in [2.45, 2.75) is 95.3 Å². The number of nitrogens with two attached hydrogens (primary N) is 1. The fraction of sp³-hybridized carbons (Fsp3) is 0.600. The number of aliphatic carboxylic acids is 1. The lowest BCUT2D eigenvalue weighted by Gasteiger charge is -2.27. The van der Waals surface area contributed by atoms with E-state index in [1.54, 1.807) is 42.3 Å². The van der Waals surface area contributed by atoms with Crippen molar-refractivity contribution < 1.29 is 99.5 Å². The average molecular weight is 1140 g/mol. The number of hydrazone groups is 1. The molecular weight excluding hydrogens is 1060 g/mol. The molecule has 8 N–H and O–H groups in total. The van der Waals surface area contributed by atoms with E-state index in [4.69, 9.17) is 39.0 Å². The number of nitrogens with one attached hydrogen (secondary N) is 2. The van der Waals surface area contributed by atoms with Crippen LogP contribution in [0.5, 0.6) is 5.75 Å². The van der Waals surface area contributed by atoms with Crippen molar-refractivity contribution in [2.24, 2.45) is 15.9 Å². The maximum Gasteiger partial charge on any atom is 0.364 e. The fourth-order valence-corrected chi connectivity index (χ4v) is 6.95. The van der Waals surface area contributed by atoms with E-state index in [-0.39, 0.29) is 104 Å². The Morgan fingerprint density at radius 1 is 0.785 bits per heavy atom. The van der Waals surface area contributed by atoms with E-state index in [1.165, 1.54) is 6.21 Å². The van der Waals surface area contributed by atoms with Crippen LogP contribution < -0.4 is 21.2 Å². The number of unbranched alkanes of at least 4 members (excludes halogenated alkanes) is 3. The van der Waals surface area contributed by atoms with Gasteiger partial charge in [0, 0.05) is 44.4 Å². The molecule has 0 aliphatic rings. The molecule has 0 fully saturated rings. The van der Waals surface area contributed by atoms with Crippen LogP contribution in [0.15, 0.2) is 40.6 Å². The number of amides is 2. The Labute approximate surface area is 452 Å². The summed E-state index contributed by atoms with van der Waals surface area (Å²) >= 11 is 0. The number of nitrogens with zero attached hydrogens (tertiary/aromatic N) is 5. The van der Waals surface area contributed by atoms with Crippen LogP contribution in [0.1, 0.15) is 74.6 Å². The number of aliphatic hydroxyl groups excluding tert-OH is 2. The number of hydrogen-bond donors (Lipinski definition) is 7. The quantitative estimate of drug-likeness (QED) is 0.00407. The number of methoxy groups -OCH3 is 1. The van der Waals surface area contributed by atoms with Gasteiger partial charge in [-0.25, -0.2) is 18.0 Å². The first-order valence-electron chi connectivity index (χ1n) is 25.3. The van der Waals surface area contributed by atoms with Crippen molar-refractivity contribution in [3.63, 3.8) is 0 Å². The minimum absolute atomic E-state index is 0.0168. The molecule has 24 nitrogen and oxygen atoms in total. The Morgan fingerprint density at radius 2 is 1.41 bits per heavy atom. The zero-order valence-electron chi connectivity index (χ0n) is 43.9. The smallest absolute Gasteiger partial charge is 0.364 e. The van der Waals surface area contributed by atoms with Crippen molar-refractivity contribution in [3.05, 3.63) is 76.4 Å². The number of esters is 1. The lowest BCUT2D eigenvalue weighted by molar-refractivity contribution is -0.227. The van der Waals surface area contributed by atoms with Gasteiger partial charge in [0.1, 0.15) is 18.0 Å². The summed E-state index contributed by atoms with van der Waals surface area (Å²) in [5.41, 5.74) is 2.35. The van der Waals surface area contributed by atoms with Crippen LogP contribution in [0.3, 0.4) is 0 Å². The van der Waals surface area contributed by atoms with Gasteiger partial charge in [-0.3, -0.25) is 24.1 Å². The summed E-state index contributed by atoms with van der Waals surface area (Å²) in [5.74, 6) is -14.0. The fourth-order valence-electron chi connectivity index (χ4n) is 6.95. The number of carboxylic acid groups (broad SMARTS) is 1. The zero-order chi connectivity index (χ0) is 57.8. The molecule has 2 unspecified atom stereocenters. The van der Waals surface area contributed by atoms with Gasteiger partial charge in [-0.1, -0.05) is 42.3 Å². The molecule has 1 heterocycles. The van der Waals surface area contributed by atoms with Gasteiger partial charge in [-0.2, -0.15) is 13.9 Å². The third-order valence-electron chi connectivity index (χ3n) is 11.2. The van der Waals surface area contributed by atoms with Crippen LogP contribution in [-0.2, 0) is 71.9 Å². The number of halogens is 5. The topological polar surface area (TPSA) is 329 Å². The second kappa shape index (κ2) is 38.5. The first-order chi connectivity index (χ1) is 38.0. The minimum Gasteiger partial charge on any atom is -0.477 e. The largest absolute Gasteiger partial charge is 0.477 e. The molecule has 2 aromatic carbocycles. The summed E-state index contributed by atoms with van der Waals surface area (Å²) in [4.78, 5) is 52.9. The van der Waals surface area contributed by atoms with Crippen LogP contribution >= 0.6 is 0 Å². The molecule has 0 bridgehead atoms. The maximum atomic E-state index is 13.6. The molecule has 3 aromatic rings. The highest BCUT2D eigenvalue weighted by molar-refractivity contribution is 6.38. The number of hydrogen-bond acceptors (Lipinski definition) is 20. The van der Waals surface area contributed by atoms with E-state index in [1.807, 2.05) is 0 Å². The zero-order valence-corrected chi connectivity index (χ0v) is 43.9. The van der Waals surface area contributed by atoms with Gasteiger partial charge in [-0.15, -0.1) is 5.10 Å². The van der Waals surface area contributed by atoms with Crippen molar-refractivity contribution in [2.75, 3.05) is 99.5 Å². The van der Waals surface area contributed by atoms with Gasteiger partial charge in [0.2, 0.25) is 46.6 Å². The number of carbonyl (C=O) groups is 4. The van der Waals surface area contributed by atoms with Gasteiger partial charge < -0.3 is 74.8 Å². The van der Waals surface area contributed by atoms with E-state index < -0.39 is 90.1 Å². The molecule has 2 amide bonds. The highest BCUT2D eigenvalue weighted by Gasteiger charge is 2.38. The number of aliphatic hydroxyl groups is 3. The van der Waals surface area contributed by atoms with Gasteiger partial charge >= 0.3 is 11.9 Å². The summed E-state index contributed by atoms with van der Waals surface area (Å²) in [6.45, 7) is 2.27. The maximum absolute atomic E-state index is 13.6. The monoisotopic (exact) mass is 1130 g/mol. The molecule has 29 heteroatoms. The Morgan fingerprint density at radius 3 is 2.04 bits per heavy atom. The first kappa shape index (κ1) is 67.1. The van der Waals surface area contributed by atoms with E-state index >= 15 is 0 Å². The van der Waals surface area contributed by atoms with Gasteiger partial charge in [-0.05, 0) is 37.7 Å². The van der Waals surface area contributed by atoms with Crippen LogP contribution in [0.4, 0.5) is 22.0 Å². The van der Waals surface area contributed by atoms with Crippen molar-refractivity contribution in [3.8, 4) is 5.75 Å². The second-order valence-corrected chi connectivity index (χ2v) is 17.4. The van der Waals surface area contributed by atoms with Crippen LogP contribution in [-0.4, -0.2) is 189 Å². The van der Waals surface area contributed by atoms with E-state index in [0.29, 0.717) is 61.7 Å². The molecule has 3 atom stereocenters. The standard InChI is InChI=1S/C50H71F5N8O16/c1-72-20-21-77-33-37-31-63(62-61-37)16-4-2-3-5-17-78-50(71,49(69)70)14-12-36(59-41(67)32-64)10-11-38(65)29-58-40(66)28-34-6-8-35(9-7-34)39(60-56)30-57-15-19-74-23-25-76-27-26-75-24-22-73-18-13-42(68)79-48-46(54)44(52)43(51)45(53)47(48)55/h6-9,30-31,36,38,64-65,71H,2-5,10-29,32-33,56H2,1H3,(H,58,66)(H,59,67)(H,69,70)/b57-30?,60-39+/t36?,38?,50-/m0/s1. The molecule has 0 saturated carbocycles. The number of carboxylic acids is 1. The van der Waals surface area contributed by atoms with E-state index in [2.05, 4.69) is 35.8 Å². The normalized spacial score (nSPS) is 13.4. The number of benzene rings is 2. The third-order valence-corrected chi connectivity index (χ3v) is 11.2. The second-order valence-electron chi connectivity index (χ2n) is 17.4. The molecule has 79 heavy (non-hydrogen) atoms. The van der Waals surface area contributed by atoms with Crippen LogP contribution in [0, 0.1) is 29.1 Å². The number of rotatable bonds is 44. The Hall–Kier alpha value is -6.15. The molecule has 3 rings (SSSR count). The SMILES string of the molecule is COCCOCc1cn(CCCCCCO[C@@](O)(CCC(CCC(O)CNC(=O)Cc2ccc(/C(C=NCCOCCOCCOCCOCCC(=O)Oc3c(F)c(F)c(F)c(F)c3F)=N/N)cc2)NC(=O)CO)C(=O)O)nn1. The predicted octanol–water partition coefficient (Wildman–Crippen LogP) is 2.04. The van der Waals surface area contributed by atoms with Gasteiger partial charge in [0.25, 0.3) is 5.79 Å². The molecule has 442 valence electrons. The lowest BCUT2D eigenvalue weighted by atomic mass is 9.99.